The molecule has 0 saturated carbocycles. The highest BCUT2D eigenvalue weighted by Crippen LogP contribution is 2.29. The summed E-state index contributed by atoms with van der Waals surface area (Å²) in [5.41, 5.74) is 1.93. The number of aromatic nitrogens is 1. The molecule has 0 unspecified atom stereocenters. The summed E-state index contributed by atoms with van der Waals surface area (Å²) < 4.78 is 7.16. The van der Waals surface area contributed by atoms with Crippen LogP contribution in [0, 0.1) is 6.07 Å². The van der Waals surface area contributed by atoms with Crippen molar-refractivity contribution in [2.75, 3.05) is 7.11 Å². The van der Waals surface area contributed by atoms with Crippen LogP contribution in [0.4, 0.5) is 0 Å². The number of ether oxygens (including phenoxy) is 1. The molecular formula is C16H11Cl3NO. The molecule has 0 aliphatic heterocycles. The van der Waals surface area contributed by atoms with Gasteiger partial charge >= 0.3 is 0 Å². The molecule has 1 radical (unpaired) electrons. The van der Waals surface area contributed by atoms with E-state index in [0.717, 1.165) is 22.2 Å². The Morgan fingerprint density at radius 3 is 2.62 bits per heavy atom. The molecule has 0 aliphatic rings. The summed E-state index contributed by atoms with van der Waals surface area (Å²) in [7, 11) is 1.63. The Labute approximate surface area is 137 Å². The highest BCUT2D eigenvalue weighted by atomic mass is 35.5. The number of halogens is 3. The lowest BCUT2D eigenvalue weighted by Crippen LogP contribution is -2.00. The third kappa shape index (κ3) is 2.84. The summed E-state index contributed by atoms with van der Waals surface area (Å²) in [5.74, 6) is 0.775. The van der Waals surface area contributed by atoms with Gasteiger partial charge in [-0.3, -0.25) is 0 Å². The summed E-state index contributed by atoms with van der Waals surface area (Å²) >= 11 is 18.4. The lowest BCUT2D eigenvalue weighted by atomic mass is 10.2. The monoisotopic (exact) mass is 338 g/mol. The lowest BCUT2D eigenvalue weighted by molar-refractivity contribution is 0.415. The van der Waals surface area contributed by atoms with Gasteiger partial charge in [0.15, 0.2) is 0 Å². The van der Waals surface area contributed by atoms with E-state index in [1.165, 1.54) is 0 Å². The highest BCUT2D eigenvalue weighted by molar-refractivity contribution is 6.35. The first kappa shape index (κ1) is 14.6. The molecule has 107 valence electrons. The maximum Gasteiger partial charge on any atom is 0.119 e. The second kappa shape index (κ2) is 5.80. The number of hydrogen-bond donors (Lipinski definition) is 0. The Morgan fingerprint density at radius 1 is 1.10 bits per heavy atom. The fourth-order valence-corrected chi connectivity index (χ4v) is 2.96. The fraction of sp³-hybridized carbons (Fsp3) is 0.125. The first-order valence-corrected chi connectivity index (χ1v) is 7.41. The van der Waals surface area contributed by atoms with Crippen LogP contribution in [0.2, 0.25) is 15.2 Å². The third-order valence-corrected chi connectivity index (χ3v) is 4.20. The van der Waals surface area contributed by atoms with E-state index in [2.05, 4.69) is 6.07 Å². The van der Waals surface area contributed by atoms with Crippen LogP contribution in [-0.4, -0.2) is 11.7 Å². The fourth-order valence-electron chi connectivity index (χ4n) is 2.24. The van der Waals surface area contributed by atoms with E-state index in [9.17, 15) is 0 Å². The van der Waals surface area contributed by atoms with Crippen molar-refractivity contribution < 1.29 is 4.74 Å². The molecule has 0 amide bonds. The molecule has 3 aromatic rings. The van der Waals surface area contributed by atoms with Crippen molar-refractivity contribution in [3.63, 3.8) is 0 Å². The molecular weight excluding hydrogens is 329 g/mol. The van der Waals surface area contributed by atoms with Gasteiger partial charge in [-0.15, -0.1) is 0 Å². The summed E-state index contributed by atoms with van der Waals surface area (Å²) in [5, 5.41) is 2.67. The van der Waals surface area contributed by atoms with Crippen molar-refractivity contribution in [2.24, 2.45) is 0 Å². The van der Waals surface area contributed by atoms with Crippen LogP contribution in [0.1, 0.15) is 5.56 Å². The lowest BCUT2D eigenvalue weighted by Gasteiger charge is -2.09. The molecule has 0 atom stereocenters. The summed E-state index contributed by atoms with van der Waals surface area (Å²) in [4.78, 5) is 0. The van der Waals surface area contributed by atoms with Crippen LogP contribution in [0.5, 0.6) is 5.75 Å². The molecule has 0 fully saturated rings. The Balaban J connectivity index is 2.06. The number of hydrogen-bond acceptors (Lipinski definition) is 1. The minimum absolute atomic E-state index is 0.532. The molecule has 0 spiro atoms. The van der Waals surface area contributed by atoms with Gasteiger partial charge in [0, 0.05) is 21.5 Å². The molecule has 0 saturated heterocycles. The van der Waals surface area contributed by atoms with Crippen molar-refractivity contribution in [1.29, 1.82) is 0 Å². The Bertz CT molecular complexity index is 811. The molecule has 0 aliphatic carbocycles. The Hall–Kier alpha value is -1.35. The van der Waals surface area contributed by atoms with Crippen LogP contribution in [0.15, 0.2) is 36.4 Å². The summed E-state index contributed by atoms with van der Waals surface area (Å²) in [6, 6.07) is 14.3. The van der Waals surface area contributed by atoms with Crippen molar-refractivity contribution in [3.8, 4) is 5.75 Å². The van der Waals surface area contributed by atoms with Crippen LogP contribution < -0.4 is 4.74 Å². The summed E-state index contributed by atoms with van der Waals surface area (Å²) in [6.07, 6.45) is 0. The predicted octanol–water partition coefficient (Wildman–Crippen LogP) is 5.46. The first-order valence-electron chi connectivity index (χ1n) is 6.27. The van der Waals surface area contributed by atoms with E-state index < -0.39 is 0 Å². The van der Waals surface area contributed by atoms with E-state index in [-0.39, 0.29) is 0 Å². The molecule has 0 N–H and O–H groups in total. The van der Waals surface area contributed by atoms with Crippen molar-refractivity contribution >= 4 is 45.7 Å². The van der Waals surface area contributed by atoms with Crippen molar-refractivity contribution in [1.82, 2.24) is 4.57 Å². The van der Waals surface area contributed by atoms with Gasteiger partial charge in [0.25, 0.3) is 0 Å². The molecule has 5 heteroatoms. The minimum Gasteiger partial charge on any atom is -0.497 e. The predicted molar refractivity (Wildman–Crippen MR) is 87.9 cm³/mol. The van der Waals surface area contributed by atoms with Gasteiger partial charge in [-0.25, -0.2) is 0 Å². The Kier molecular flexibility index (Phi) is 4.03. The van der Waals surface area contributed by atoms with E-state index in [0.29, 0.717) is 21.7 Å². The molecule has 1 aromatic heterocycles. The number of fused-ring (bicyclic) bond motifs is 1. The maximum absolute atomic E-state index is 6.29. The zero-order chi connectivity index (χ0) is 15.0. The standard InChI is InChI=1S/C16H11Cl3NO/c1-21-13-4-5-15-11(6-13)7-16(19)20(15)9-10-2-3-12(17)8-14(10)18/h2-6,8H,9H2,1H3. The van der Waals surface area contributed by atoms with Crippen LogP contribution >= 0.6 is 34.8 Å². The van der Waals surface area contributed by atoms with E-state index >= 15 is 0 Å². The summed E-state index contributed by atoms with van der Waals surface area (Å²) in [6.45, 7) is 0.557. The Morgan fingerprint density at radius 2 is 1.90 bits per heavy atom. The molecule has 21 heavy (non-hydrogen) atoms. The molecule has 1 heterocycles. The van der Waals surface area contributed by atoms with Gasteiger partial charge in [-0.05, 0) is 35.9 Å². The second-order valence-electron chi connectivity index (χ2n) is 4.62. The van der Waals surface area contributed by atoms with E-state index in [1.54, 1.807) is 13.2 Å². The van der Waals surface area contributed by atoms with Gasteiger partial charge in [-0.1, -0.05) is 40.9 Å². The van der Waals surface area contributed by atoms with E-state index in [1.807, 2.05) is 34.9 Å². The van der Waals surface area contributed by atoms with Crippen LogP contribution in [0.25, 0.3) is 10.9 Å². The number of nitrogens with zero attached hydrogens (tertiary/aromatic N) is 1. The van der Waals surface area contributed by atoms with Gasteiger partial charge in [0.2, 0.25) is 0 Å². The average molecular weight is 340 g/mol. The van der Waals surface area contributed by atoms with Crippen LogP contribution in [-0.2, 0) is 6.54 Å². The molecule has 2 nitrogen and oxygen atoms in total. The highest BCUT2D eigenvalue weighted by Gasteiger charge is 2.11. The van der Waals surface area contributed by atoms with Gasteiger partial charge in [-0.2, -0.15) is 0 Å². The number of benzene rings is 2. The largest absolute Gasteiger partial charge is 0.497 e. The molecule has 0 bridgehead atoms. The van der Waals surface area contributed by atoms with E-state index in [4.69, 9.17) is 39.5 Å². The maximum atomic E-state index is 6.29. The minimum atomic E-state index is 0.532. The SMILES string of the molecule is COc1ccc2c([c]c(Cl)n2Cc2ccc(Cl)cc2Cl)c1. The first-order chi connectivity index (χ1) is 10.1. The van der Waals surface area contributed by atoms with Gasteiger partial charge in [0.1, 0.15) is 10.9 Å². The molecule has 2 aromatic carbocycles. The molecule has 3 rings (SSSR count). The van der Waals surface area contributed by atoms with Crippen molar-refractivity contribution in [3.05, 3.63) is 63.2 Å². The zero-order valence-electron chi connectivity index (χ0n) is 11.2. The van der Waals surface area contributed by atoms with Gasteiger partial charge < -0.3 is 9.30 Å². The number of methoxy groups -OCH3 is 1. The number of rotatable bonds is 3. The second-order valence-corrected chi connectivity index (χ2v) is 5.82. The smallest absolute Gasteiger partial charge is 0.119 e. The van der Waals surface area contributed by atoms with Gasteiger partial charge in [0.05, 0.1) is 19.2 Å². The van der Waals surface area contributed by atoms with Crippen molar-refractivity contribution in [2.45, 2.75) is 6.54 Å². The topological polar surface area (TPSA) is 14.2 Å². The normalized spacial score (nSPS) is 11.0. The quantitative estimate of drug-likeness (QED) is 0.618. The zero-order valence-corrected chi connectivity index (χ0v) is 13.4. The third-order valence-electron chi connectivity index (χ3n) is 3.31. The average Bonchev–Trinajstić information content (AvgIpc) is 2.77. The van der Waals surface area contributed by atoms with Crippen LogP contribution in [0.3, 0.4) is 0 Å².